The van der Waals surface area contributed by atoms with Crippen LogP contribution in [0.2, 0.25) is 0 Å². The third-order valence-electron chi connectivity index (χ3n) is 4.05. The summed E-state index contributed by atoms with van der Waals surface area (Å²) in [6, 6.07) is 3.26. The van der Waals surface area contributed by atoms with Gasteiger partial charge in [-0.15, -0.1) is 0 Å². The quantitative estimate of drug-likeness (QED) is 0.498. The number of nitro benzene ring substituents is 2. The van der Waals surface area contributed by atoms with Crippen LogP contribution in [-0.2, 0) is 11.2 Å². The predicted octanol–water partition coefficient (Wildman–Crippen LogP) is 3.44. The molecule has 2 rings (SSSR count). The first-order valence-corrected chi connectivity index (χ1v) is 7.17. The largest absolute Gasteiger partial charge is 0.506 e. The highest BCUT2D eigenvalue weighted by atomic mass is 16.7. The Labute approximate surface area is 131 Å². The summed E-state index contributed by atoms with van der Waals surface area (Å²) in [6.07, 6.45) is 1.82. The van der Waals surface area contributed by atoms with Gasteiger partial charge in [0, 0.05) is 30.2 Å². The molecular formula is C14H16N2O7. The van der Waals surface area contributed by atoms with Gasteiger partial charge in [0.2, 0.25) is 0 Å². The number of hydrogen-bond donors (Lipinski definition) is 1. The summed E-state index contributed by atoms with van der Waals surface area (Å²) in [4.78, 5) is 31.8. The van der Waals surface area contributed by atoms with Crippen LogP contribution in [0.1, 0.15) is 37.7 Å². The van der Waals surface area contributed by atoms with Gasteiger partial charge >= 0.3 is 6.16 Å². The maximum absolute atomic E-state index is 11.1. The molecule has 23 heavy (non-hydrogen) atoms. The zero-order chi connectivity index (χ0) is 17.0. The molecule has 1 saturated carbocycles. The van der Waals surface area contributed by atoms with Crippen LogP contribution in [0.5, 0.6) is 0 Å². The van der Waals surface area contributed by atoms with E-state index in [1.807, 2.05) is 0 Å². The van der Waals surface area contributed by atoms with Crippen LogP contribution in [0.15, 0.2) is 18.2 Å². The first kappa shape index (κ1) is 16.7. The number of carboxylic acid groups (broad SMARTS) is 1. The average molecular weight is 324 g/mol. The number of nitro groups is 2. The first-order chi connectivity index (χ1) is 10.8. The molecule has 1 aliphatic carbocycles. The number of carbonyl (C=O) groups is 1. The summed E-state index contributed by atoms with van der Waals surface area (Å²) >= 11 is 0. The minimum Gasteiger partial charge on any atom is -0.450 e. The molecule has 0 atom stereocenters. The fourth-order valence-electron chi connectivity index (χ4n) is 3.05. The molecule has 0 radical (unpaired) electrons. The minimum atomic E-state index is -1.44. The Morgan fingerprint density at radius 1 is 1.17 bits per heavy atom. The number of rotatable bonds is 5. The van der Waals surface area contributed by atoms with Gasteiger partial charge in [-0.05, 0) is 25.7 Å². The van der Waals surface area contributed by atoms with E-state index in [4.69, 9.17) is 9.84 Å². The molecule has 0 heterocycles. The molecule has 0 amide bonds. The maximum Gasteiger partial charge on any atom is 0.506 e. The van der Waals surface area contributed by atoms with Crippen molar-refractivity contribution in [1.82, 2.24) is 0 Å². The fraction of sp³-hybridized carbons (Fsp3) is 0.500. The van der Waals surface area contributed by atoms with Gasteiger partial charge < -0.3 is 9.84 Å². The summed E-state index contributed by atoms with van der Waals surface area (Å²) in [5.41, 5.74) is -1.49. The van der Waals surface area contributed by atoms with Crippen molar-refractivity contribution in [3.05, 3.63) is 44.0 Å². The van der Waals surface area contributed by atoms with Crippen molar-refractivity contribution in [2.45, 2.75) is 44.1 Å². The van der Waals surface area contributed by atoms with Crippen molar-refractivity contribution in [3.63, 3.8) is 0 Å². The number of non-ortho nitro benzene ring substituents is 1. The van der Waals surface area contributed by atoms with E-state index in [1.165, 1.54) is 0 Å². The highest BCUT2D eigenvalue weighted by Gasteiger charge is 2.38. The Morgan fingerprint density at radius 3 is 2.35 bits per heavy atom. The maximum atomic E-state index is 11.1. The van der Waals surface area contributed by atoms with Crippen LogP contribution in [0.3, 0.4) is 0 Å². The van der Waals surface area contributed by atoms with Crippen molar-refractivity contribution >= 4 is 17.5 Å². The van der Waals surface area contributed by atoms with Gasteiger partial charge in [-0.1, -0.05) is 6.42 Å². The van der Waals surface area contributed by atoms with E-state index in [0.29, 0.717) is 12.8 Å². The monoisotopic (exact) mass is 324 g/mol. The second-order valence-electron chi connectivity index (χ2n) is 5.62. The lowest BCUT2D eigenvalue weighted by molar-refractivity contribution is -0.389. The Kier molecular flexibility index (Phi) is 4.77. The zero-order valence-corrected chi connectivity index (χ0v) is 12.3. The lowest BCUT2D eigenvalue weighted by Crippen LogP contribution is -2.39. The van der Waals surface area contributed by atoms with Gasteiger partial charge in [-0.25, -0.2) is 4.79 Å². The summed E-state index contributed by atoms with van der Waals surface area (Å²) in [5.74, 6) is 0. The summed E-state index contributed by atoms with van der Waals surface area (Å²) < 4.78 is 5.04. The highest BCUT2D eigenvalue weighted by molar-refractivity contribution is 5.58. The number of nitrogens with zero attached hydrogens (tertiary/aromatic N) is 2. The molecule has 1 fully saturated rings. The topological polar surface area (TPSA) is 133 Å². The normalized spacial score (nSPS) is 16.5. The van der Waals surface area contributed by atoms with E-state index in [2.05, 4.69) is 0 Å². The van der Waals surface area contributed by atoms with Gasteiger partial charge in [-0.3, -0.25) is 20.2 Å². The molecule has 1 aliphatic rings. The van der Waals surface area contributed by atoms with Crippen LogP contribution < -0.4 is 0 Å². The van der Waals surface area contributed by atoms with Crippen molar-refractivity contribution < 1.29 is 24.5 Å². The van der Waals surface area contributed by atoms with Crippen LogP contribution in [0.4, 0.5) is 16.2 Å². The SMILES string of the molecule is O=C(O)OC1(Cc2cc([N+](=O)[O-])ccc2[N+](=O)[O-])CCCCC1. The van der Waals surface area contributed by atoms with Crippen LogP contribution in [0.25, 0.3) is 0 Å². The molecule has 9 nitrogen and oxygen atoms in total. The predicted molar refractivity (Wildman–Crippen MR) is 78.4 cm³/mol. The molecule has 0 saturated heterocycles. The molecule has 0 aliphatic heterocycles. The minimum absolute atomic E-state index is 0.0444. The summed E-state index contributed by atoms with van der Waals surface area (Å²) in [6.45, 7) is 0. The van der Waals surface area contributed by atoms with Gasteiger partial charge in [0.15, 0.2) is 0 Å². The van der Waals surface area contributed by atoms with Crippen molar-refractivity contribution in [3.8, 4) is 0 Å². The Morgan fingerprint density at radius 2 is 1.83 bits per heavy atom. The molecule has 0 spiro atoms. The van der Waals surface area contributed by atoms with Gasteiger partial charge in [0.05, 0.1) is 9.85 Å². The molecule has 9 heteroatoms. The molecule has 0 aromatic heterocycles. The van der Waals surface area contributed by atoms with Gasteiger partial charge in [0.1, 0.15) is 5.60 Å². The molecule has 0 unspecified atom stereocenters. The molecular weight excluding hydrogens is 308 g/mol. The van der Waals surface area contributed by atoms with E-state index in [9.17, 15) is 25.0 Å². The molecule has 0 bridgehead atoms. The van der Waals surface area contributed by atoms with Crippen molar-refractivity contribution in [1.29, 1.82) is 0 Å². The van der Waals surface area contributed by atoms with Crippen molar-refractivity contribution in [2.75, 3.05) is 0 Å². The lowest BCUT2D eigenvalue weighted by atomic mass is 9.80. The van der Waals surface area contributed by atoms with Crippen LogP contribution >= 0.6 is 0 Å². The fourth-order valence-corrected chi connectivity index (χ4v) is 3.05. The second kappa shape index (κ2) is 6.59. The first-order valence-electron chi connectivity index (χ1n) is 7.17. The van der Waals surface area contributed by atoms with E-state index < -0.39 is 21.6 Å². The summed E-state index contributed by atoms with van der Waals surface area (Å²) in [7, 11) is 0. The third kappa shape index (κ3) is 3.93. The van der Waals surface area contributed by atoms with E-state index >= 15 is 0 Å². The highest BCUT2D eigenvalue weighted by Crippen LogP contribution is 2.37. The molecule has 124 valence electrons. The Balaban J connectivity index is 2.41. The van der Waals surface area contributed by atoms with Crippen LogP contribution in [-0.4, -0.2) is 26.7 Å². The van der Waals surface area contributed by atoms with E-state index in [-0.39, 0.29) is 23.4 Å². The molecule has 1 N–H and O–H groups in total. The average Bonchev–Trinajstić information content (AvgIpc) is 2.46. The van der Waals surface area contributed by atoms with E-state index in [1.54, 1.807) is 0 Å². The number of benzene rings is 1. The third-order valence-corrected chi connectivity index (χ3v) is 4.05. The Hall–Kier alpha value is -2.71. The lowest BCUT2D eigenvalue weighted by Gasteiger charge is -2.35. The Bertz CT molecular complexity index is 638. The van der Waals surface area contributed by atoms with Gasteiger partial charge in [0.25, 0.3) is 11.4 Å². The molecule has 1 aromatic rings. The smallest absolute Gasteiger partial charge is 0.450 e. The molecule has 1 aromatic carbocycles. The number of ether oxygens (including phenoxy) is 1. The zero-order valence-electron chi connectivity index (χ0n) is 12.3. The number of hydrogen-bond acceptors (Lipinski definition) is 6. The summed E-state index contributed by atoms with van der Waals surface area (Å²) in [5, 5.41) is 31.0. The second-order valence-corrected chi connectivity index (χ2v) is 5.62. The standard InChI is InChI=1S/C14H16N2O7/c17-13(18)23-14(6-2-1-3-7-14)9-10-8-11(15(19)20)4-5-12(10)16(21)22/h4-5,8H,1-3,6-7,9H2,(H,17,18). The van der Waals surface area contributed by atoms with Crippen LogP contribution in [0, 0.1) is 20.2 Å². The van der Waals surface area contributed by atoms with E-state index in [0.717, 1.165) is 37.5 Å². The van der Waals surface area contributed by atoms with Gasteiger partial charge in [-0.2, -0.15) is 0 Å². The van der Waals surface area contributed by atoms with Crippen molar-refractivity contribution in [2.24, 2.45) is 0 Å².